The molecule has 1 aliphatic rings. The zero-order valence-corrected chi connectivity index (χ0v) is 12.9. The Morgan fingerprint density at radius 3 is 2.48 bits per heavy atom. The highest BCUT2D eigenvalue weighted by atomic mass is 19.1. The molecule has 0 spiro atoms. The van der Waals surface area contributed by atoms with E-state index in [9.17, 15) is 9.18 Å². The molecule has 0 aromatic heterocycles. The maximum Gasteiger partial charge on any atom is 0.254 e. The summed E-state index contributed by atoms with van der Waals surface area (Å²) in [5.41, 5.74) is 0.383. The monoisotopic (exact) mass is 294 g/mol. The first kappa shape index (κ1) is 15.8. The van der Waals surface area contributed by atoms with Crippen molar-refractivity contribution >= 4 is 5.91 Å². The Labute approximate surface area is 125 Å². The van der Waals surface area contributed by atoms with Crippen molar-refractivity contribution in [3.8, 4) is 5.75 Å². The Balaban J connectivity index is 2.04. The van der Waals surface area contributed by atoms with E-state index in [0.717, 1.165) is 19.6 Å². The minimum atomic E-state index is -0.484. The van der Waals surface area contributed by atoms with Crippen molar-refractivity contribution < 1.29 is 13.9 Å². The van der Waals surface area contributed by atoms with Crippen LogP contribution < -0.4 is 4.74 Å². The Bertz CT molecular complexity index is 497. The summed E-state index contributed by atoms with van der Waals surface area (Å²) in [6, 6.07) is 4.44. The number of hydrogen-bond donors (Lipinski definition) is 0. The summed E-state index contributed by atoms with van der Waals surface area (Å²) in [5, 5.41) is 0. The number of halogens is 1. The molecule has 0 N–H and O–H groups in total. The van der Waals surface area contributed by atoms with E-state index in [1.54, 1.807) is 11.0 Å². The number of nitrogens with zero attached hydrogens (tertiary/aromatic N) is 2. The molecule has 116 valence electrons. The van der Waals surface area contributed by atoms with Crippen LogP contribution >= 0.6 is 0 Å². The van der Waals surface area contributed by atoms with Crippen molar-refractivity contribution in [1.29, 1.82) is 0 Å². The summed E-state index contributed by atoms with van der Waals surface area (Å²) < 4.78 is 19.3. The highest BCUT2D eigenvalue weighted by Crippen LogP contribution is 2.21. The van der Waals surface area contributed by atoms with E-state index in [-0.39, 0.29) is 17.8 Å². The van der Waals surface area contributed by atoms with E-state index in [0.29, 0.717) is 18.7 Å². The highest BCUT2D eigenvalue weighted by Gasteiger charge is 2.22. The smallest absolute Gasteiger partial charge is 0.254 e. The van der Waals surface area contributed by atoms with Crippen LogP contribution in [-0.4, -0.2) is 54.5 Å². The molecule has 0 aliphatic carbocycles. The molecule has 0 unspecified atom stereocenters. The lowest BCUT2D eigenvalue weighted by Gasteiger charge is -2.34. The number of ether oxygens (including phenoxy) is 1. The SMILES string of the molecule is CCN1CCN(C(=O)c2ccc(OC(C)C)c(F)c2)CC1. The molecule has 0 radical (unpaired) electrons. The van der Waals surface area contributed by atoms with Crippen LogP contribution in [0.4, 0.5) is 4.39 Å². The van der Waals surface area contributed by atoms with Gasteiger partial charge in [-0.2, -0.15) is 0 Å². The first-order valence-corrected chi connectivity index (χ1v) is 7.49. The molecule has 1 amide bonds. The number of hydrogen-bond acceptors (Lipinski definition) is 3. The van der Waals surface area contributed by atoms with Gasteiger partial charge in [-0.05, 0) is 38.6 Å². The van der Waals surface area contributed by atoms with Crippen molar-refractivity contribution in [2.45, 2.75) is 26.9 Å². The third-order valence-corrected chi connectivity index (χ3v) is 3.65. The number of amides is 1. The van der Waals surface area contributed by atoms with Crippen LogP contribution in [0.25, 0.3) is 0 Å². The van der Waals surface area contributed by atoms with Crippen LogP contribution in [0.15, 0.2) is 18.2 Å². The molecular weight excluding hydrogens is 271 g/mol. The Kier molecular flexibility index (Phi) is 5.17. The Morgan fingerprint density at radius 2 is 1.95 bits per heavy atom. The first-order valence-electron chi connectivity index (χ1n) is 7.49. The van der Waals surface area contributed by atoms with Crippen molar-refractivity contribution in [3.63, 3.8) is 0 Å². The maximum absolute atomic E-state index is 14.0. The first-order chi connectivity index (χ1) is 10.0. The third kappa shape index (κ3) is 3.94. The van der Waals surface area contributed by atoms with Gasteiger partial charge >= 0.3 is 0 Å². The topological polar surface area (TPSA) is 32.8 Å². The quantitative estimate of drug-likeness (QED) is 0.855. The van der Waals surface area contributed by atoms with Crippen LogP contribution in [0.5, 0.6) is 5.75 Å². The Morgan fingerprint density at radius 1 is 1.29 bits per heavy atom. The van der Waals surface area contributed by atoms with Crippen LogP contribution in [0.2, 0.25) is 0 Å². The average Bonchev–Trinajstić information content (AvgIpc) is 2.48. The van der Waals surface area contributed by atoms with Gasteiger partial charge in [0, 0.05) is 31.7 Å². The number of benzene rings is 1. The van der Waals surface area contributed by atoms with E-state index >= 15 is 0 Å². The number of likely N-dealkylation sites (N-methyl/N-ethyl adjacent to an activating group) is 1. The molecular formula is C16H23FN2O2. The zero-order chi connectivity index (χ0) is 15.4. The Hall–Kier alpha value is -1.62. The van der Waals surface area contributed by atoms with Gasteiger partial charge in [0.05, 0.1) is 6.10 Å². The van der Waals surface area contributed by atoms with Gasteiger partial charge in [0.25, 0.3) is 5.91 Å². The maximum atomic E-state index is 14.0. The summed E-state index contributed by atoms with van der Waals surface area (Å²) in [6.07, 6.45) is -0.0943. The van der Waals surface area contributed by atoms with E-state index in [2.05, 4.69) is 11.8 Å². The van der Waals surface area contributed by atoms with Crippen LogP contribution in [0.3, 0.4) is 0 Å². The molecule has 1 heterocycles. The second-order valence-electron chi connectivity index (χ2n) is 5.54. The minimum Gasteiger partial charge on any atom is -0.488 e. The van der Waals surface area contributed by atoms with Gasteiger partial charge in [-0.1, -0.05) is 6.92 Å². The van der Waals surface area contributed by atoms with Gasteiger partial charge in [0.1, 0.15) is 0 Å². The van der Waals surface area contributed by atoms with Crippen molar-refractivity contribution in [1.82, 2.24) is 9.80 Å². The van der Waals surface area contributed by atoms with Gasteiger partial charge < -0.3 is 14.5 Å². The van der Waals surface area contributed by atoms with Crippen LogP contribution in [-0.2, 0) is 0 Å². The van der Waals surface area contributed by atoms with E-state index in [1.165, 1.54) is 12.1 Å². The second-order valence-corrected chi connectivity index (χ2v) is 5.54. The summed E-state index contributed by atoms with van der Waals surface area (Å²) >= 11 is 0. The minimum absolute atomic E-state index is 0.0943. The lowest BCUT2D eigenvalue weighted by Crippen LogP contribution is -2.48. The molecule has 1 aliphatic heterocycles. The normalized spacial score (nSPS) is 16.3. The molecule has 0 bridgehead atoms. The van der Waals surface area contributed by atoms with E-state index < -0.39 is 5.82 Å². The number of carbonyl (C=O) groups is 1. The fourth-order valence-electron chi connectivity index (χ4n) is 2.43. The molecule has 1 saturated heterocycles. The fourth-order valence-corrected chi connectivity index (χ4v) is 2.43. The lowest BCUT2D eigenvalue weighted by atomic mass is 10.1. The van der Waals surface area contributed by atoms with Crippen LogP contribution in [0.1, 0.15) is 31.1 Å². The van der Waals surface area contributed by atoms with Crippen molar-refractivity contribution in [2.75, 3.05) is 32.7 Å². The number of rotatable bonds is 4. The molecule has 2 rings (SSSR count). The molecule has 1 aromatic rings. The zero-order valence-electron chi connectivity index (χ0n) is 12.9. The van der Waals surface area contributed by atoms with Gasteiger partial charge in [0.15, 0.2) is 11.6 Å². The van der Waals surface area contributed by atoms with E-state index in [1.807, 2.05) is 13.8 Å². The van der Waals surface area contributed by atoms with Crippen molar-refractivity contribution in [2.24, 2.45) is 0 Å². The predicted octanol–water partition coefficient (Wildman–Crippen LogP) is 2.39. The average molecular weight is 294 g/mol. The highest BCUT2D eigenvalue weighted by molar-refractivity contribution is 5.94. The molecule has 0 atom stereocenters. The van der Waals surface area contributed by atoms with Crippen molar-refractivity contribution in [3.05, 3.63) is 29.6 Å². The number of piperazine rings is 1. The third-order valence-electron chi connectivity index (χ3n) is 3.65. The van der Waals surface area contributed by atoms with Gasteiger partial charge in [0.2, 0.25) is 0 Å². The molecule has 1 fully saturated rings. The molecule has 5 heteroatoms. The molecule has 0 saturated carbocycles. The molecule has 21 heavy (non-hydrogen) atoms. The second kappa shape index (κ2) is 6.89. The summed E-state index contributed by atoms with van der Waals surface area (Å²) in [7, 11) is 0. The predicted molar refractivity (Wildman–Crippen MR) is 80.2 cm³/mol. The lowest BCUT2D eigenvalue weighted by molar-refractivity contribution is 0.0643. The summed E-state index contributed by atoms with van der Waals surface area (Å²) in [6.45, 7) is 9.92. The van der Waals surface area contributed by atoms with Gasteiger partial charge in [-0.3, -0.25) is 4.79 Å². The van der Waals surface area contributed by atoms with Gasteiger partial charge in [-0.25, -0.2) is 4.39 Å². The fraction of sp³-hybridized carbons (Fsp3) is 0.562. The van der Waals surface area contributed by atoms with Gasteiger partial charge in [-0.15, -0.1) is 0 Å². The molecule has 4 nitrogen and oxygen atoms in total. The summed E-state index contributed by atoms with van der Waals surface area (Å²) in [4.78, 5) is 16.5. The standard InChI is InChI=1S/C16H23FN2O2/c1-4-18-7-9-19(10-8-18)16(20)13-5-6-15(14(17)11-13)21-12(2)3/h5-6,11-12H,4,7-10H2,1-3H3. The van der Waals surface area contributed by atoms with E-state index in [4.69, 9.17) is 4.74 Å². The summed E-state index contributed by atoms with van der Waals surface area (Å²) in [5.74, 6) is -0.403. The van der Waals surface area contributed by atoms with Crippen LogP contribution in [0, 0.1) is 5.82 Å². The molecule has 1 aromatic carbocycles. The number of carbonyl (C=O) groups excluding carboxylic acids is 1. The largest absolute Gasteiger partial charge is 0.488 e.